The highest BCUT2D eigenvalue weighted by Crippen LogP contribution is 2.27. The van der Waals surface area contributed by atoms with Gasteiger partial charge < -0.3 is 20.1 Å². The van der Waals surface area contributed by atoms with Crippen molar-refractivity contribution in [2.24, 2.45) is 11.8 Å². The fraction of sp³-hybridized carbons (Fsp3) is 0.429. The Morgan fingerprint density at radius 1 is 1.00 bits per heavy atom. The van der Waals surface area contributed by atoms with Crippen molar-refractivity contribution >= 4 is 17.3 Å². The molecular weight excluding hydrogens is 438 g/mol. The first-order valence-electron chi connectivity index (χ1n) is 12.8. The Hall–Kier alpha value is -3.16. The summed E-state index contributed by atoms with van der Waals surface area (Å²) in [6.45, 7) is 6.72. The molecule has 0 spiro atoms. The van der Waals surface area contributed by atoms with Gasteiger partial charge in [0.15, 0.2) is 5.76 Å². The maximum Gasteiger partial charge on any atom is 0.224 e. The fourth-order valence-electron chi connectivity index (χ4n) is 5.27. The molecule has 2 aliphatic heterocycles. The van der Waals surface area contributed by atoms with Gasteiger partial charge >= 0.3 is 0 Å². The normalized spacial score (nSPS) is 21.1. The lowest BCUT2D eigenvalue weighted by Crippen LogP contribution is -2.45. The number of piperazine rings is 1. The van der Waals surface area contributed by atoms with Crippen LogP contribution in [0.1, 0.15) is 24.3 Å². The summed E-state index contributed by atoms with van der Waals surface area (Å²) >= 11 is 0. The molecule has 7 nitrogen and oxygen atoms in total. The van der Waals surface area contributed by atoms with E-state index in [-0.39, 0.29) is 5.91 Å². The summed E-state index contributed by atoms with van der Waals surface area (Å²) in [6, 6.07) is 22.4. The second kappa shape index (κ2) is 11.5. The second-order valence-corrected chi connectivity index (χ2v) is 9.72. The van der Waals surface area contributed by atoms with Gasteiger partial charge in [-0.3, -0.25) is 9.69 Å². The Kier molecular flexibility index (Phi) is 7.75. The Morgan fingerprint density at radius 2 is 1.74 bits per heavy atom. The van der Waals surface area contributed by atoms with E-state index in [1.807, 2.05) is 30.3 Å². The number of nitrogens with zero attached hydrogens (tertiary/aromatic N) is 3. The van der Waals surface area contributed by atoms with Crippen LogP contribution in [0.25, 0.3) is 0 Å². The lowest BCUT2D eigenvalue weighted by Gasteiger charge is -2.35. The van der Waals surface area contributed by atoms with E-state index >= 15 is 0 Å². The summed E-state index contributed by atoms with van der Waals surface area (Å²) in [7, 11) is 0. The van der Waals surface area contributed by atoms with Gasteiger partial charge in [-0.1, -0.05) is 41.6 Å². The standard InChI is InChI=1S/C28H35N5O2/c34-28(30-24-7-3-1-4-8-24)18-22-11-12-29-20-23(22)17-25-19-27(35-31-25)21-32-13-15-33(16-14-32)26-9-5-2-6-10-26/h1-10,19,22-23,29H,11-18,20-21H2,(H,30,34)/t22-,23-/m0/s1. The van der Waals surface area contributed by atoms with Gasteiger partial charge in [0.05, 0.1) is 12.2 Å². The van der Waals surface area contributed by atoms with Crippen molar-refractivity contribution in [3.63, 3.8) is 0 Å². The molecule has 2 atom stereocenters. The van der Waals surface area contributed by atoms with E-state index in [2.05, 4.69) is 62.0 Å². The summed E-state index contributed by atoms with van der Waals surface area (Å²) in [5.41, 5.74) is 3.14. The minimum absolute atomic E-state index is 0.0867. The lowest BCUT2D eigenvalue weighted by molar-refractivity contribution is -0.117. The molecular formula is C28H35N5O2. The van der Waals surface area contributed by atoms with Crippen molar-refractivity contribution in [3.05, 3.63) is 78.2 Å². The molecule has 2 saturated heterocycles. The van der Waals surface area contributed by atoms with E-state index in [4.69, 9.17) is 4.52 Å². The predicted octanol–water partition coefficient (Wildman–Crippen LogP) is 3.79. The quantitative estimate of drug-likeness (QED) is 0.519. The van der Waals surface area contributed by atoms with Gasteiger partial charge in [-0.2, -0.15) is 0 Å². The van der Waals surface area contributed by atoms with E-state index in [0.717, 1.165) is 75.8 Å². The Bertz CT molecular complexity index is 1060. The highest BCUT2D eigenvalue weighted by molar-refractivity contribution is 5.90. The van der Waals surface area contributed by atoms with Gasteiger partial charge in [-0.05, 0) is 62.0 Å². The van der Waals surface area contributed by atoms with Crippen LogP contribution in [0.5, 0.6) is 0 Å². The van der Waals surface area contributed by atoms with Crippen LogP contribution in [-0.2, 0) is 17.8 Å². The summed E-state index contributed by atoms with van der Waals surface area (Å²) < 4.78 is 5.71. The lowest BCUT2D eigenvalue weighted by atomic mass is 9.81. The Morgan fingerprint density at radius 3 is 2.51 bits per heavy atom. The molecule has 5 rings (SSSR count). The molecule has 2 aromatic carbocycles. The van der Waals surface area contributed by atoms with E-state index < -0.39 is 0 Å². The third-order valence-corrected chi connectivity index (χ3v) is 7.22. The van der Waals surface area contributed by atoms with Gasteiger partial charge in [0, 0.05) is 50.0 Å². The number of benzene rings is 2. The number of piperidine rings is 1. The first kappa shape index (κ1) is 23.6. The number of aromatic nitrogens is 1. The molecule has 0 unspecified atom stereocenters. The van der Waals surface area contributed by atoms with E-state index in [1.54, 1.807) is 0 Å². The molecule has 1 aromatic heterocycles. The van der Waals surface area contributed by atoms with Crippen molar-refractivity contribution in [2.45, 2.75) is 25.8 Å². The van der Waals surface area contributed by atoms with Gasteiger partial charge in [0.25, 0.3) is 0 Å². The first-order chi connectivity index (χ1) is 17.2. The zero-order valence-electron chi connectivity index (χ0n) is 20.2. The summed E-state index contributed by atoms with van der Waals surface area (Å²) in [4.78, 5) is 17.5. The average Bonchev–Trinajstić information content (AvgIpc) is 3.33. The summed E-state index contributed by atoms with van der Waals surface area (Å²) in [5.74, 6) is 1.72. The van der Waals surface area contributed by atoms with Crippen LogP contribution in [-0.4, -0.2) is 55.2 Å². The maximum atomic E-state index is 12.6. The molecule has 2 N–H and O–H groups in total. The molecule has 7 heteroatoms. The van der Waals surface area contributed by atoms with Gasteiger partial charge in [-0.25, -0.2) is 0 Å². The summed E-state index contributed by atoms with van der Waals surface area (Å²) in [5, 5.41) is 10.9. The molecule has 0 aliphatic carbocycles. The molecule has 35 heavy (non-hydrogen) atoms. The topological polar surface area (TPSA) is 73.6 Å². The van der Waals surface area contributed by atoms with Gasteiger partial charge in [0.2, 0.25) is 5.91 Å². The molecule has 0 saturated carbocycles. The van der Waals surface area contributed by atoms with Gasteiger partial charge in [-0.15, -0.1) is 0 Å². The van der Waals surface area contributed by atoms with Crippen molar-refractivity contribution in [1.82, 2.24) is 15.4 Å². The van der Waals surface area contributed by atoms with E-state index in [0.29, 0.717) is 18.3 Å². The van der Waals surface area contributed by atoms with Crippen LogP contribution >= 0.6 is 0 Å². The number of anilines is 2. The molecule has 3 aromatic rings. The van der Waals surface area contributed by atoms with Crippen LogP contribution in [0.3, 0.4) is 0 Å². The Balaban J connectivity index is 1.11. The van der Waals surface area contributed by atoms with Crippen molar-refractivity contribution in [3.8, 4) is 0 Å². The van der Waals surface area contributed by atoms with Crippen LogP contribution in [0.4, 0.5) is 11.4 Å². The highest BCUT2D eigenvalue weighted by atomic mass is 16.5. The maximum absolute atomic E-state index is 12.6. The third-order valence-electron chi connectivity index (χ3n) is 7.22. The fourth-order valence-corrected chi connectivity index (χ4v) is 5.27. The van der Waals surface area contributed by atoms with Crippen molar-refractivity contribution in [1.29, 1.82) is 0 Å². The van der Waals surface area contributed by atoms with Crippen LogP contribution in [0.15, 0.2) is 71.3 Å². The zero-order chi connectivity index (χ0) is 23.9. The molecule has 0 bridgehead atoms. The number of hydrogen-bond donors (Lipinski definition) is 2. The molecule has 1 amide bonds. The second-order valence-electron chi connectivity index (χ2n) is 9.72. The van der Waals surface area contributed by atoms with Crippen LogP contribution < -0.4 is 15.5 Å². The molecule has 0 radical (unpaired) electrons. The molecule has 3 heterocycles. The van der Waals surface area contributed by atoms with Crippen LogP contribution in [0, 0.1) is 11.8 Å². The van der Waals surface area contributed by atoms with Gasteiger partial charge in [0.1, 0.15) is 0 Å². The highest BCUT2D eigenvalue weighted by Gasteiger charge is 2.28. The third kappa shape index (κ3) is 6.50. The van der Waals surface area contributed by atoms with Crippen molar-refractivity contribution < 1.29 is 9.32 Å². The summed E-state index contributed by atoms with van der Waals surface area (Å²) in [6.07, 6.45) is 2.38. The Labute approximate surface area is 207 Å². The molecule has 2 aliphatic rings. The zero-order valence-corrected chi connectivity index (χ0v) is 20.2. The number of nitrogens with one attached hydrogen (secondary N) is 2. The minimum atomic E-state index is 0.0867. The van der Waals surface area contributed by atoms with Crippen LogP contribution in [0.2, 0.25) is 0 Å². The number of para-hydroxylation sites is 2. The largest absolute Gasteiger partial charge is 0.369 e. The first-order valence-corrected chi connectivity index (χ1v) is 12.8. The number of rotatable bonds is 8. The monoisotopic (exact) mass is 473 g/mol. The number of amides is 1. The van der Waals surface area contributed by atoms with E-state index in [1.165, 1.54) is 5.69 Å². The predicted molar refractivity (Wildman–Crippen MR) is 138 cm³/mol. The number of carbonyl (C=O) groups is 1. The van der Waals surface area contributed by atoms with Crippen molar-refractivity contribution in [2.75, 3.05) is 49.5 Å². The number of carbonyl (C=O) groups excluding carboxylic acids is 1. The molecule has 2 fully saturated rings. The average molecular weight is 474 g/mol. The smallest absolute Gasteiger partial charge is 0.224 e. The molecule has 184 valence electrons. The number of hydrogen-bond acceptors (Lipinski definition) is 6. The van der Waals surface area contributed by atoms with E-state index in [9.17, 15) is 4.79 Å². The SMILES string of the molecule is O=C(C[C@@H]1CCNC[C@@H]1Cc1cc(CN2CCN(c3ccccc3)CC2)on1)Nc1ccccc1. The minimum Gasteiger partial charge on any atom is -0.369 e.